The molecule has 4 rings (SSSR count). The minimum absolute atomic E-state index is 0.00597. The number of rotatable bonds is 7. The molecule has 2 aliphatic heterocycles. The van der Waals surface area contributed by atoms with Gasteiger partial charge in [-0.2, -0.15) is 21.8 Å². The molecule has 3 heterocycles. The second-order valence-electron chi connectivity index (χ2n) is 7.63. The number of carbonyl (C=O) groups is 1. The predicted octanol–water partition coefficient (Wildman–Crippen LogP) is 1.90. The molecule has 0 unspecified atom stereocenters. The molecule has 32 heavy (non-hydrogen) atoms. The van der Waals surface area contributed by atoms with Gasteiger partial charge in [-0.25, -0.2) is 17.6 Å². The van der Waals surface area contributed by atoms with Crippen molar-refractivity contribution in [3.8, 4) is 0 Å². The highest BCUT2D eigenvalue weighted by Gasteiger charge is 2.42. The lowest BCUT2D eigenvalue weighted by Gasteiger charge is -2.41. The fourth-order valence-electron chi connectivity index (χ4n) is 3.91. The van der Waals surface area contributed by atoms with E-state index in [0.29, 0.717) is 17.1 Å². The topological polar surface area (TPSA) is 113 Å². The van der Waals surface area contributed by atoms with Gasteiger partial charge in [0.25, 0.3) is 0 Å². The molecule has 0 bridgehead atoms. The van der Waals surface area contributed by atoms with Crippen molar-refractivity contribution in [2.24, 2.45) is 0 Å². The van der Waals surface area contributed by atoms with Gasteiger partial charge in [0.1, 0.15) is 12.4 Å². The summed E-state index contributed by atoms with van der Waals surface area (Å²) in [7, 11) is -7.88. The monoisotopic (exact) mass is 503 g/mol. The first-order valence-corrected chi connectivity index (χ1v) is 13.6. The number of nitrogens with zero attached hydrogens (tertiary/aromatic N) is 2. The van der Waals surface area contributed by atoms with Gasteiger partial charge in [-0.3, -0.25) is 0 Å². The van der Waals surface area contributed by atoms with E-state index in [-0.39, 0.29) is 37.7 Å². The van der Waals surface area contributed by atoms with E-state index in [1.165, 1.54) is 27.8 Å². The predicted molar refractivity (Wildman–Crippen MR) is 115 cm³/mol. The van der Waals surface area contributed by atoms with E-state index in [9.17, 15) is 26.0 Å². The Bertz CT molecular complexity index is 1180. The molecule has 0 spiro atoms. The number of halogens is 1. The van der Waals surface area contributed by atoms with Crippen LogP contribution < -0.4 is 4.72 Å². The maximum Gasteiger partial charge on any atom is 0.424 e. The van der Waals surface area contributed by atoms with Crippen LogP contribution in [0.25, 0.3) is 0 Å². The third-order valence-corrected chi connectivity index (χ3v) is 10.2. The Morgan fingerprint density at radius 2 is 1.75 bits per heavy atom. The number of amides is 1. The van der Waals surface area contributed by atoms with Crippen molar-refractivity contribution >= 4 is 37.7 Å². The first-order valence-electron chi connectivity index (χ1n) is 9.88. The van der Waals surface area contributed by atoms with Crippen molar-refractivity contribution in [3.05, 3.63) is 52.5 Å². The van der Waals surface area contributed by atoms with Crippen molar-refractivity contribution < 1.29 is 30.8 Å². The van der Waals surface area contributed by atoms with Crippen LogP contribution >= 0.6 is 11.3 Å². The molecule has 9 nitrogen and oxygen atoms in total. The average molecular weight is 504 g/mol. The van der Waals surface area contributed by atoms with Crippen LogP contribution in [0.5, 0.6) is 0 Å². The summed E-state index contributed by atoms with van der Waals surface area (Å²) >= 11 is 1.47. The van der Waals surface area contributed by atoms with Gasteiger partial charge in [-0.05, 0) is 48.6 Å². The Morgan fingerprint density at radius 3 is 2.31 bits per heavy atom. The summed E-state index contributed by atoms with van der Waals surface area (Å²) in [6.45, 7) is 0.316. The SMILES string of the molecule is O=C1OCCN1S(=O)(=O)NCC1(c2cccs2)CCN(S(=O)(=O)c2ccc(F)cc2)CC1. The van der Waals surface area contributed by atoms with Crippen molar-refractivity contribution in [3.63, 3.8) is 0 Å². The van der Waals surface area contributed by atoms with Crippen LogP contribution in [0.15, 0.2) is 46.7 Å². The summed E-state index contributed by atoms with van der Waals surface area (Å²) in [5, 5.41) is 1.88. The van der Waals surface area contributed by atoms with Crippen molar-refractivity contribution in [2.75, 3.05) is 32.8 Å². The second-order valence-corrected chi connectivity index (χ2v) is 12.2. The molecule has 1 aromatic heterocycles. The van der Waals surface area contributed by atoms with Crippen LogP contribution in [0.3, 0.4) is 0 Å². The Kier molecular flexibility index (Phi) is 6.29. The average Bonchev–Trinajstić information content (AvgIpc) is 3.45. The van der Waals surface area contributed by atoms with Crippen LogP contribution in [-0.2, 0) is 30.4 Å². The molecular formula is C19H22FN3O6S3. The lowest BCUT2D eigenvalue weighted by atomic mass is 9.78. The van der Waals surface area contributed by atoms with Crippen molar-refractivity contribution in [2.45, 2.75) is 23.2 Å². The molecule has 2 aromatic rings. The number of carbonyl (C=O) groups excluding carboxylic acids is 1. The molecule has 2 fully saturated rings. The molecule has 0 atom stereocenters. The van der Waals surface area contributed by atoms with Crippen LogP contribution in [0, 0.1) is 5.82 Å². The maximum atomic E-state index is 13.2. The molecule has 1 N–H and O–H groups in total. The fraction of sp³-hybridized carbons (Fsp3) is 0.421. The summed E-state index contributed by atoms with van der Waals surface area (Å²) in [5.74, 6) is -0.520. The molecule has 2 aliphatic rings. The Labute approximate surface area is 190 Å². The van der Waals surface area contributed by atoms with Crippen LogP contribution in [-0.4, -0.2) is 64.3 Å². The van der Waals surface area contributed by atoms with Gasteiger partial charge in [0.2, 0.25) is 10.0 Å². The molecule has 1 aromatic carbocycles. The van der Waals surface area contributed by atoms with Gasteiger partial charge < -0.3 is 4.74 Å². The molecule has 0 radical (unpaired) electrons. The largest absolute Gasteiger partial charge is 0.447 e. The molecule has 1 amide bonds. The van der Waals surface area contributed by atoms with E-state index in [1.54, 1.807) is 0 Å². The number of sulfonamides is 1. The minimum Gasteiger partial charge on any atom is -0.447 e. The highest BCUT2D eigenvalue weighted by molar-refractivity contribution is 7.89. The Hall–Kier alpha value is -2.06. The summed E-state index contributed by atoms with van der Waals surface area (Å²) in [5.41, 5.74) is -0.625. The smallest absolute Gasteiger partial charge is 0.424 e. The zero-order chi connectivity index (χ0) is 23.0. The van der Waals surface area contributed by atoms with Crippen molar-refractivity contribution in [1.82, 2.24) is 13.3 Å². The second kappa shape index (κ2) is 8.71. The lowest BCUT2D eigenvalue weighted by Crippen LogP contribution is -2.52. The van der Waals surface area contributed by atoms with E-state index in [2.05, 4.69) is 4.72 Å². The van der Waals surface area contributed by atoms with Gasteiger partial charge >= 0.3 is 16.3 Å². The van der Waals surface area contributed by atoms with E-state index >= 15 is 0 Å². The molecule has 13 heteroatoms. The van der Waals surface area contributed by atoms with Gasteiger partial charge in [0.15, 0.2) is 0 Å². The number of cyclic esters (lactones) is 1. The number of hydrogen-bond donors (Lipinski definition) is 1. The zero-order valence-corrected chi connectivity index (χ0v) is 19.4. The fourth-order valence-corrected chi connectivity index (χ4v) is 7.51. The number of ether oxygens (including phenoxy) is 1. The molecule has 174 valence electrons. The van der Waals surface area contributed by atoms with Gasteiger partial charge in [0, 0.05) is 29.9 Å². The first kappa shape index (κ1) is 23.1. The molecule has 0 saturated carbocycles. The summed E-state index contributed by atoms with van der Waals surface area (Å²) < 4.78 is 73.6. The highest BCUT2D eigenvalue weighted by atomic mass is 32.2. The first-order chi connectivity index (χ1) is 15.1. The van der Waals surface area contributed by atoms with E-state index < -0.39 is 37.6 Å². The third-order valence-electron chi connectivity index (χ3n) is 5.78. The normalized spacial score (nSPS) is 19.8. The molecule has 2 saturated heterocycles. The van der Waals surface area contributed by atoms with Gasteiger partial charge in [0.05, 0.1) is 11.4 Å². The zero-order valence-electron chi connectivity index (χ0n) is 16.9. The van der Waals surface area contributed by atoms with E-state index in [1.807, 2.05) is 17.5 Å². The van der Waals surface area contributed by atoms with E-state index in [0.717, 1.165) is 17.0 Å². The van der Waals surface area contributed by atoms with Crippen molar-refractivity contribution in [1.29, 1.82) is 0 Å². The lowest BCUT2D eigenvalue weighted by molar-refractivity contribution is 0.169. The summed E-state index contributed by atoms with van der Waals surface area (Å²) in [4.78, 5) is 12.6. The number of thiophene rings is 1. The minimum atomic E-state index is -4.08. The number of piperidine rings is 1. The Balaban J connectivity index is 1.52. The number of hydrogen-bond acceptors (Lipinski definition) is 7. The summed E-state index contributed by atoms with van der Waals surface area (Å²) in [6.07, 6.45) is -0.162. The number of benzene rings is 1. The van der Waals surface area contributed by atoms with Gasteiger partial charge in [-0.1, -0.05) is 6.07 Å². The van der Waals surface area contributed by atoms with Crippen LogP contribution in [0.2, 0.25) is 0 Å². The number of nitrogens with one attached hydrogen (secondary N) is 1. The molecular weight excluding hydrogens is 481 g/mol. The van der Waals surface area contributed by atoms with E-state index in [4.69, 9.17) is 4.74 Å². The summed E-state index contributed by atoms with van der Waals surface area (Å²) in [6, 6.07) is 8.42. The van der Waals surface area contributed by atoms with Crippen LogP contribution in [0.4, 0.5) is 9.18 Å². The Morgan fingerprint density at radius 1 is 1.06 bits per heavy atom. The standard InChI is InChI=1S/C19H22FN3O6S3/c20-15-3-5-16(6-4-15)31(25,26)22-9-7-19(8-10-22,17-2-1-13-30-17)14-21-32(27,28)23-11-12-29-18(23)24/h1-6,13,21H,7-12,14H2. The molecule has 0 aliphatic carbocycles. The quantitative estimate of drug-likeness (QED) is 0.618. The highest BCUT2D eigenvalue weighted by Crippen LogP contribution is 2.39. The van der Waals surface area contributed by atoms with Crippen LogP contribution in [0.1, 0.15) is 17.7 Å². The third kappa shape index (κ3) is 4.39. The maximum absolute atomic E-state index is 13.2. The van der Waals surface area contributed by atoms with Gasteiger partial charge in [-0.15, -0.1) is 11.3 Å².